The molecule has 1 unspecified atom stereocenters. The molecule has 1 aromatic rings. The van der Waals surface area contributed by atoms with Crippen molar-refractivity contribution >= 4 is 24.1 Å². The number of fused-ring (bicyclic) bond motifs is 1. The Hall–Kier alpha value is -2.96. The van der Waals surface area contributed by atoms with E-state index < -0.39 is 6.09 Å². The summed E-state index contributed by atoms with van der Waals surface area (Å²) < 4.78 is 4.87. The fourth-order valence-electron chi connectivity index (χ4n) is 2.27. The minimum atomic E-state index is -0.539. The van der Waals surface area contributed by atoms with Gasteiger partial charge in [0.2, 0.25) is 0 Å². The molecule has 2 aliphatic heterocycles. The average Bonchev–Trinajstić information content (AvgIpc) is 3.02. The summed E-state index contributed by atoms with van der Waals surface area (Å²) in [4.78, 5) is 24.3. The Labute approximate surface area is 133 Å². The molecular formula is C16H17N5O2. The first-order valence-corrected chi connectivity index (χ1v) is 7.37. The van der Waals surface area contributed by atoms with Crippen molar-refractivity contribution in [3.63, 3.8) is 0 Å². The van der Waals surface area contributed by atoms with Crippen LogP contribution in [0.4, 0.5) is 4.79 Å². The Balaban J connectivity index is 1.72. The summed E-state index contributed by atoms with van der Waals surface area (Å²) in [6.45, 7) is 2.70. The number of amidine groups is 2. The number of nitrogens with one attached hydrogen (secondary N) is 2. The number of carbonyl (C=O) groups is 1. The van der Waals surface area contributed by atoms with Crippen LogP contribution in [0.5, 0.6) is 0 Å². The van der Waals surface area contributed by atoms with Crippen LogP contribution in [-0.2, 0) is 11.3 Å². The topological polar surface area (TPSA) is 87.4 Å². The normalized spacial score (nSPS) is 18.5. The minimum Gasteiger partial charge on any atom is -0.450 e. The van der Waals surface area contributed by atoms with Gasteiger partial charge in [-0.25, -0.2) is 14.8 Å². The maximum atomic E-state index is 11.6. The third-order valence-electron chi connectivity index (χ3n) is 3.32. The van der Waals surface area contributed by atoms with E-state index in [4.69, 9.17) is 4.74 Å². The van der Waals surface area contributed by atoms with Gasteiger partial charge in [-0.3, -0.25) is 10.3 Å². The first kappa shape index (κ1) is 15.0. The lowest BCUT2D eigenvalue weighted by Gasteiger charge is -2.20. The summed E-state index contributed by atoms with van der Waals surface area (Å²) in [5, 5.41) is 5.93. The molecule has 0 radical (unpaired) electrons. The highest BCUT2D eigenvalue weighted by Gasteiger charge is 2.27. The zero-order valence-electron chi connectivity index (χ0n) is 12.7. The van der Waals surface area contributed by atoms with Crippen molar-refractivity contribution in [1.29, 1.82) is 0 Å². The van der Waals surface area contributed by atoms with Gasteiger partial charge >= 0.3 is 6.09 Å². The predicted molar refractivity (Wildman–Crippen MR) is 88.7 cm³/mol. The molecule has 0 bridgehead atoms. The second-order valence-corrected chi connectivity index (χ2v) is 4.94. The van der Waals surface area contributed by atoms with Crippen LogP contribution in [0.3, 0.4) is 0 Å². The number of nitrogens with zero attached hydrogens (tertiary/aromatic N) is 3. The van der Waals surface area contributed by atoms with Gasteiger partial charge in [-0.2, -0.15) is 0 Å². The number of carbonyl (C=O) groups excluding carboxylic acids is 1. The molecule has 3 rings (SSSR count). The maximum Gasteiger partial charge on any atom is 0.412 e. The molecule has 23 heavy (non-hydrogen) atoms. The summed E-state index contributed by atoms with van der Waals surface area (Å²) in [7, 11) is 0. The lowest BCUT2D eigenvalue weighted by Crippen LogP contribution is -2.38. The molecule has 0 aromatic heterocycles. The molecule has 7 nitrogen and oxygen atoms in total. The van der Waals surface area contributed by atoms with Crippen LogP contribution in [0.2, 0.25) is 0 Å². The van der Waals surface area contributed by atoms with Gasteiger partial charge in [-0.05, 0) is 12.5 Å². The quantitative estimate of drug-likeness (QED) is 0.886. The first-order valence-electron chi connectivity index (χ1n) is 7.37. The summed E-state index contributed by atoms with van der Waals surface area (Å²) in [6, 6.07) is 9.78. The van der Waals surface area contributed by atoms with Crippen LogP contribution in [0, 0.1) is 0 Å². The van der Waals surface area contributed by atoms with Gasteiger partial charge < -0.3 is 10.1 Å². The second-order valence-electron chi connectivity index (χ2n) is 4.94. The summed E-state index contributed by atoms with van der Waals surface area (Å²) >= 11 is 0. The highest BCUT2D eigenvalue weighted by molar-refractivity contribution is 6.15. The Morgan fingerprint density at radius 1 is 1.30 bits per heavy atom. The number of amides is 1. The standard InChI is InChI=1S/C16H17N5O2/c1-2-23-16(22)21-13-8-12(14-15(20-13)19-10-18-14)17-9-11-6-4-3-5-7-11/h3-8,10,14,17H,2,9H2,1H3,(H,18,19,20,21,22). The third kappa shape index (κ3) is 3.63. The average molecular weight is 311 g/mol. The van der Waals surface area contributed by atoms with Gasteiger partial charge in [-0.1, -0.05) is 30.3 Å². The van der Waals surface area contributed by atoms with E-state index >= 15 is 0 Å². The highest BCUT2D eigenvalue weighted by Crippen LogP contribution is 2.16. The van der Waals surface area contributed by atoms with Crippen molar-refractivity contribution in [2.45, 2.75) is 19.5 Å². The molecule has 0 aliphatic carbocycles. The molecule has 0 saturated carbocycles. The Morgan fingerprint density at radius 3 is 2.91 bits per heavy atom. The van der Waals surface area contributed by atoms with Crippen molar-refractivity contribution in [3.05, 3.63) is 47.7 Å². The van der Waals surface area contributed by atoms with Crippen LogP contribution < -0.4 is 10.6 Å². The van der Waals surface area contributed by atoms with Gasteiger partial charge in [-0.15, -0.1) is 0 Å². The molecule has 0 spiro atoms. The largest absolute Gasteiger partial charge is 0.450 e. The van der Waals surface area contributed by atoms with Gasteiger partial charge in [0.1, 0.15) is 12.2 Å². The Kier molecular flexibility index (Phi) is 4.46. The number of aliphatic imine (C=N–C) groups is 3. The van der Waals surface area contributed by atoms with E-state index in [-0.39, 0.29) is 6.04 Å². The van der Waals surface area contributed by atoms with Crippen LogP contribution in [0.1, 0.15) is 12.5 Å². The third-order valence-corrected chi connectivity index (χ3v) is 3.32. The first-order chi connectivity index (χ1) is 11.3. The lowest BCUT2D eigenvalue weighted by molar-refractivity contribution is 0.158. The number of ether oxygens (including phenoxy) is 1. The summed E-state index contributed by atoms with van der Waals surface area (Å²) in [6.07, 6.45) is 2.70. The molecule has 2 N–H and O–H groups in total. The van der Waals surface area contributed by atoms with E-state index in [0.717, 1.165) is 11.3 Å². The van der Waals surface area contributed by atoms with E-state index in [2.05, 4.69) is 25.6 Å². The second kappa shape index (κ2) is 6.87. The van der Waals surface area contributed by atoms with Crippen LogP contribution in [0.25, 0.3) is 0 Å². The molecule has 1 amide bonds. The van der Waals surface area contributed by atoms with E-state index in [9.17, 15) is 4.79 Å². The Morgan fingerprint density at radius 2 is 2.13 bits per heavy atom. The van der Waals surface area contributed by atoms with Crippen LogP contribution >= 0.6 is 0 Å². The van der Waals surface area contributed by atoms with Crippen molar-refractivity contribution in [2.24, 2.45) is 15.0 Å². The monoisotopic (exact) mass is 311 g/mol. The van der Waals surface area contributed by atoms with Gasteiger partial charge in [0.05, 0.1) is 6.61 Å². The number of rotatable bonds is 4. The molecule has 2 aliphatic rings. The molecule has 2 heterocycles. The van der Waals surface area contributed by atoms with Gasteiger partial charge in [0, 0.05) is 18.3 Å². The lowest BCUT2D eigenvalue weighted by atomic mass is 10.1. The molecule has 7 heteroatoms. The summed E-state index contributed by atoms with van der Waals surface area (Å²) in [5.74, 6) is 0.939. The predicted octanol–water partition coefficient (Wildman–Crippen LogP) is 1.63. The van der Waals surface area contributed by atoms with E-state index in [0.29, 0.717) is 24.8 Å². The van der Waals surface area contributed by atoms with Crippen molar-refractivity contribution in [1.82, 2.24) is 10.6 Å². The van der Waals surface area contributed by atoms with Crippen molar-refractivity contribution in [2.75, 3.05) is 6.61 Å². The molecule has 0 saturated heterocycles. The number of alkyl carbamates (subject to hydrolysis) is 1. The number of benzene rings is 1. The number of dihydropyridines is 1. The molecule has 1 atom stereocenters. The van der Waals surface area contributed by atoms with E-state index in [1.165, 1.54) is 6.34 Å². The van der Waals surface area contributed by atoms with Gasteiger partial charge in [0.15, 0.2) is 11.9 Å². The zero-order valence-corrected chi connectivity index (χ0v) is 12.7. The van der Waals surface area contributed by atoms with Crippen LogP contribution in [0.15, 0.2) is 57.1 Å². The molecule has 1 aromatic carbocycles. The number of hydrogen-bond acceptors (Lipinski definition) is 6. The number of hydrogen-bond donors (Lipinski definition) is 2. The fraction of sp³-hybridized carbons (Fsp3) is 0.250. The van der Waals surface area contributed by atoms with E-state index in [1.54, 1.807) is 13.0 Å². The smallest absolute Gasteiger partial charge is 0.412 e. The van der Waals surface area contributed by atoms with Crippen LogP contribution in [-0.4, -0.2) is 36.8 Å². The molecule has 118 valence electrons. The fourth-order valence-corrected chi connectivity index (χ4v) is 2.27. The maximum absolute atomic E-state index is 11.6. The van der Waals surface area contributed by atoms with Crippen molar-refractivity contribution < 1.29 is 9.53 Å². The SMILES string of the molecule is CCOC(=O)NC1=NC2=NC=NC2C(NCc2ccccc2)=C1. The molecular weight excluding hydrogens is 294 g/mol. The highest BCUT2D eigenvalue weighted by atomic mass is 16.5. The summed E-state index contributed by atoms with van der Waals surface area (Å²) in [5.41, 5.74) is 1.99. The zero-order chi connectivity index (χ0) is 16.1. The van der Waals surface area contributed by atoms with Gasteiger partial charge in [0.25, 0.3) is 0 Å². The molecule has 0 fully saturated rings. The van der Waals surface area contributed by atoms with E-state index in [1.807, 2.05) is 30.3 Å². The Bertz CT molecular complexity index is 706. The van der Waals surface area contributed by atoms with Crippen molar-refractivity contribution in [3.8, 4) is 0 Å². The minimum absolute atomic E-state index is 0.244.